The largest absolute Gasteiger partial charge is 0.756 e. The Morgan fingerprint density at radius 3 is 1.26 bits per heavy atom. The van der Waals surface area contributed by atoms with Gasteiger partial charge in [-0.05, 0) is 76.7 Å². The lowest BCUT2D eigenvalue weighted by atomic mass is 10.0. The Morgan fingerprint density at radius 1 is 0.473 bits per heavy atom. The minimum atomic E-state index is -4.70. The van der Waals surface area contributed by atoms with Crippen molar-refractivity contribution in [3.8, 4) is 0 Å². The fraction of sp³-hybridized carbons (Fsp3) is 0.812. The van der Waals surface area contributed by atoms with Crippen LogP contribution in [0, 0.1) is 0 Å². The summed E-state index contributed by atoms with van der Waals surface area (Å²) in [6, 6.07) is -0.897. The van der Waals surface area contributed by atoms with Crippen LogP contribution in [-0.4, -0.2) is 69.4 Å². The van der Waals surface area contributed by atoms with Crippen molar-refractivity contribution >= 4 is 19.7 Å². The van der Waals surface area contributed by atoms with E-state index >= 15 is 0 Å². The number of hydrogen-bond donors (Lipinski definition) is 1. The van der Waals surface area contributed by atoms with Crippen LogP contribution < -0.4 is 10.2 Å². The zero-order valence-corrected chi connectivity index (χ0v) is 50.2. The maximum atomic E-state index is 13.5. The molecule has 0 rings (SSSR count). The SMILES string of the molecule is CCCCC/C=C\C/C=C\C/C=C\C/C=C\CCCCCCCC(=O)NC(COP(=O)([O-])OCC[N+](C)(C)C)C(/C=C\CCCCCCCCCCCCC)OC(=O)CCCCCCCCCCCCCCCC. The van der Waals surface area contributed by atoms with Crippen molar-refractivity contribution < 1.29 is 37.3 Å². The molecule has 1 amide bonds. The molecule has 10 heteroatoms. The first-order chi connectivity index (χ1) is 35.9. The molecular formula is C64H119N2O7P. The van der Waals surface area contributed by atoms with Gasteiger partial charge in [0.1, 0.15) is 19.3 Å². The van der Waals surface area contributed by atoms with Crippen LogP contribution in [0.2, 0.25) is 0 Å². The molecule has 0 aromatic heterocycles. The summed E-state index contributed by atoms with van der Waals surface area (Å²) in [5.41, 5.74) is 0. The van der Waals surface area contributed by atoms with E-state index < -0.39 is 26.6 Å². The molecule has 3 unspecified atom stereocenters. The van der Waals surface area contributed by atoms with E-state index in [-0.39, 0.29) is 24.9 Å². The first-order valence-corrected chi connectivity index (χ1v) is 32.6. The Labute approximate surface area is 458 Å². The average molecular weight is 1060 g/mol. The number of quaternary nitrogens is 1. The third-order valence-electron chi connectivity index (χ3n) is 13.7. The zero-order chi connectivity index (χ0) is 54.3. The lowest BCUT2D eigenvalue weighted by Crippen LogP contribution is -2.47. The number of unbranched alkanes of at least 4 members (excludes halogenated alkanes) is 32. The summed E-state index contributed by atoms with van der Waals surface area (Å²) in [5.74, 6) is -0.554. The van der Waals surface area contributed by atoms with E-state index in [2.05, 4.69) is 74.7 Å². The van der Waals surface area contributed by atoms with Gasteiger partial charge in [0.2, 0.25) is 5.91 Å². The van der Waals surface area contributed by atoms with Crippen molar-refractivity contribution in [3.63, 3.8) is 0 Å². The predicted molar refractivity (Wildman–Crippen MR) is 316 cm³/mol. The number of allylic oxidation sites excluding steroid dienone is 9. The highest BCUT2D eigenvalue weighted by atomic mass is 31.2. The van der Waals surface area contributed by atoms with Gasteiger partial charge in [-0.25, -0.2) is 0 Å². The monoisotopic (exact) mass is 1060 g/mol. The summed E-state index contributed by atoms with van der Waals surface area (Å²) >= 11 is 0. The van der Waals surface area contributed by atoms with E-state index in [1.807, 2.05) is 33.3 Å². The molecule has 0 bridgehead atoms. The molecule has 0 aliphatic carbocycles. The maximum Gasteiger partial charge on any atom is 0.306 e. The average Bonchev–Trinajstić information content (AvgIpc) is 3.36. The minimum absolute atomic E-state index is 0.0265. The number of hydrogen-bond acceptors (Lipinski definition) is 7. The fourth-order valence-corrected chi connectivity index (χ4v) is 9.58. The van der Waals surface area contributed by atoms with Gasteiger partial charge >= 0.3 is 5.97 Å². The van der Waals surface area contributed by atoms with Gasteiger partial charge in [-0.2, -0.15) is 0 Å². The highest BCUT2D eigenvalue weighted by Gasteiger charge is 2.27. The first kappa shape index (κ1) is 71.7. The number of likely N-dealkylation sites (N-methyl/N-ethyl adjacent to an activating group) is 1. The zero-order valence-electron chi connectivity index (χ0n) is 49.3. The molecule has 0 saturated carbocycles. The van der Waals surface area contributed by atoms with E-state index in [1.54, 1.807) is 0 Å². The lowest BCUT2D eigenvalue weighted by molar-refractivity contribution is -0.870. The van der Waals surface area contributed by atoms with Crippen LogP contribution in [0.3, 0.4) is 0 Å². The minimum Gasteiger partial charge on any atom is -0.756 e. The molecule has 0 aliphatic rings. The number of nitrogens with one attached hydrogen (secondary N) is 1. The molecule has 9 nitrogen and oxygen atoms in total. The van der Waals surface area contributed by atoms with Gasteiger partial charge in [-0.1, -0.05) is 255 Å². The highest BCUT2D eigenvalue weighted by molar-refractivity contribution is 7.45. The molecule has 0 radical (unpaired) electrons. The van der Waals surface area contributed by atoms with Crippen molar-refractivity contribution in [2.75, 3.05) is 40.9 Å². The van der Waals surface area contributed by atoms with Gasteiger partial charge < -0.3 is 28.5 Å². The second-order valence-electron chi connectivity index (χ2n) is 22.2. The number of phosphoric ester groups is 1. The van der Waals surface area contributed by atoms with E-state index in [1.165, 1.54) is 154 Å². The van der Waals surface area contributed by atoms with E-state index in [9.17, 15) is 19.0 Å². The van der Waals surface area contributed by atoms with Crippen molar-refractivity contribution in [3.05, 3.63) is 60.8 Å². The molecule has 0 aliphatic heterocycles. The number of ether oxygens (including phenoxy) is 1. The molecule has 3 atom stereocenters. The fourth-order valence-electron chi connectivity index (χ4n) is 8.86. The molecule has 0 saturated heterocycles. The van der Waals surface area contributed by atoms with Crippen molar-refractivity contribution in [2.24, 2.45) is 0 Å². The smallest absolute Gasteiger partial charge is 0.306 e. The maximum absolute atomic E-state index is 13.5. The quantitative estimate of drug-likeness (QED) is 0.0212. The van der Waals surface area contributed by atoms with Gasteiger partial charge in [0.15, 0.2) is 0 Å². The van der Waals surface area contributed by atoms with Crippen molar-refractivity contribution in [2.45, 2.75) is 296 Å². The standard InChI is InChI=1S/C64H119N2O7P/c1-7-10-13-16-19-22-25-28-30-31-32-33-34-35-36-38-41-44-47-50-53-56-63(67)65-61(60-72-74(69,70)71-59-58-66(4,5)6)62(55-52-49-46-43-40-37-27-24-21-18-15-12-9-3)73-64(68)57-54-51-48-45-42-39-29-26-23-20-17-14-11-8-2/h19,22,28,30,32-33,35-36,52,55,61-62H,7-18,20-21,23-27,29,31,34,37-51,53-54,56-60H2,1-6H3,(H-,65,67,69,70)/b22-19-,30-28-,33-32-,36-35-,55-52-. The van der Waals surface area contributed by atoms with Crippen molar-refractivity contribution in [1.82, 2.24) is 5.32 Å². The van der Waals surface area contributed by atoms with Gasteiger partial charge in [0, 0.05) is 12.8 Å². The molecule has 0 spiro atoms. The van der Waals surface area contributed by atoms with Crippen LogP contribution in [0.15, 0.2) is 60.8 Å². The second-order valence-corrected chi connectivity index (χ2v) is 23.6. The van der Waals surface area contributed by atoms with Crippen LogP contribution in [-0.2, 0) is 27.9 Å². The molecule has 74 heavy (non-hydrogen) atoms. The van der Waals surface area contributed by atoms with Gasteiger partial charge in [-0.3, -0.25) is 14.2 Å². The number of carbonyl (C=O) groups excluding carboxylic acids is 2. The Morgan fingerprint density at radius 2 is 0.824 bits per heavy atom. The third kappa shape index (κ3) is 54.5. The molecular weight excluding hydrogens is 940 g/mol. The van der Waals surface area contributed by atoms with E-state index in [0.717, 1.165) is 96.3 Å². The number of amides is 1. The van der Waals surface area contributed by atoms with Gasteiger partial charge in [0.25, 0.3) is 7.82 Å². The Balaban J connectivity index is 5.30. The van der Waals surface area contributed by atoms with E-state index in [4.69, 9.17) is 13.8 Å². The molecule has 0 aromatic rings. The van der Waals surface area contributed by atoms with Crippen LogP contribution >= 0.6 is 7.82 Å². The first-order valence-electron chi connectivity index (χ1n) is 31.1. The number of nitrogens with zero attached hydrogens (tertiary/aromatic N) is 1. The third-order valence-corrected chi connectivity index (χ3v) is 14.7. The number of esters is 1. The molecule has 0 heterocycles. The summed E-state index contributed by atoms with van der Waals surface area (Å²) in [6.07, 6.45) is 67.5. The van der Waals surface area contributed by atoms with Crippen LogP contribution in [0.4, 0.5) is 0 Å². The summed E-state index contributed by atoms with van der Waals surface area (Å²) in [6.45, 7) is 6.82. The molecule has 1 N–H and O–H groups in total. The Bertz CT molecular complexity index is 1450. The van der Waals surface area contributed by atoms with Gasteiger partial charge in [0.05, 0.1) is 33.8 Å². The number of rotatable bonds is 56. The normalized spacial score (nSPS) is 14.1. The molecule has 0 aromatic carbocycles. The lowest BCUT2D eigenvalue weighted by Gasteiger charge is -2.30. The summed E-state index contributed by atoms with van der Waals surface area (Å²) in [4.78, 5) is 40.0. The number of phosphoric acid groups is 1. The summed E-state index contributed by atoms with van der Waals surface area (Å²) in [5, 5.41) is 3.02. The topological polar surface area (TPSA) is 114 Å². The summed E-state index contributed by atoms with van der Waals surface area (Å²) in [7, 11) is 1.17. The van der Waals surface area contributed by atoms with Crippen LogP contribution in [0.25, 0.3) is 0 Å². The summed E-state index contributed by atoms with van der Waals surface area (Å²) < 4.78 is 30.3. The number of carbonyl (C=O) groups is 2. The predicted octanol–water partition coefficient (Wildman–Crippen LogP) is 18.4. The van der Waals surface area contributed by atoms with Crippen LogP contribution in [0.5, 0.6) is 0 Å². The second kappa shape index (κ2) is 54.1. The molecule has 0 fully saturated rings. The Hall–Kier alpha value is -2.29. The van der Waals surface area contributed by atoms with Crippen molar-refractivity contribution in [1.29, 1.82) is 0 Å². The van der Waals surface area contributed by atoms with E-state index in [0.29, 0.717) is 17.4 Å². The van der Waals surface area contributed by atoms with Crippen LogP contribution in [0.1, 0.15) is 284 Å². The Kier molecular flexibility index (Phi) is 52.4. The molecule has 432 valence electrons. The highest BCUT2D eigenvalue weighted by Crippen LogP contribution is 2.38. The van der Waals surface area contributed by atoms with Gasteiger partial charge in [-0.15, -0.1) is 0 Å².